The van der Waals surface area contributed by atoms with Crippen LogP contribution in [-0.4, -0.2) is 46.1 Å². The Morgan fingerprint density at radius 3 is 1.08 bits per heavy atom. The summed E-state index contributed by atoms with van der Waals surface area (Å²) in [6.45, 7) is 4.24. The van der Waals surface area contributed by atoms with Crippen molar-refractivity contribution in [2.24, 2.45) is 0 Å². The van der Waals surface area contributed by atoms with Gasteiger partial charge in [-0.1, -0.05) is 225 Å². The third-order valence-corrected chi connectivity index (χ3v) is 10.9. The number of hydrogen-bond donors (Lipinski definition) is 4. The number of nitrogens with one attached hydrogen (secondary N) is 1. The fourth-order valence-corrected chi connectivity index (χ4v) is 7.25. The van der Waals surface area contributed by atoms with E-state index in [1.54, 1.807) is 0 Å². The van der Waals surface area contributed by atoms with Crippen molar-refractivity contribution in [3.8, 4) is 0 Å². The molecule has 51 heavy (non-hydrogen) atoms. The molecule has 0 radical (unpaired) electrons. The first-order valence-corrected chi connectivity index (χ1v) is 23.0. The lowest BCUT2D eigenvalue weighted by atomic mass is 10.0. The van der Waals surface area contributed by atoms with Crippen LogP contribution in [0.1, 0.15) is 251 Å². The Balaban J connectivity index is 3.55. The van der Waals surface area contributed by atoms with Crippen LogP contribution in [0.15, 0.2) is 12.2 Å². The summed E-state index contributed by atoms with van der Waals surface area (Å²) in [6.07, 6.45) is 49.4. The molecule has 0 rings (SSSR count). The third kappa shape index (κ3) is 37.2. The van der Waals surface area contributed by atoms with Crippen LogP contribution >= 0.6 is 0 Å². The van der Waals surface area contributed by atoms with Crippen LogP contribution in [-0.2, 0) is 4.79 Å². The van der Waals surface area contributed by atoms with E-state index in [9.17, 15) is 20.1 Å². The van der Waals surface area contributed by atoms with E-state index in [0.29, 0.717) is 12.8 Å². The van der Waals surface area contributed by atoms with E-state index in [2.05, 4.69) is 31.3 Å². The van der Waals surface area contributed by atoms with Crippen molar-refractivity contribution in [1.29, 1.82) is 0 Å². The zero-order valence-corrected chi connectivity index (χ0v) is 34.5. The predicted octanol–water partition coefficient (Wildman–Crippen LogP) is 13.2. The molecule has 0 fully saturated rings. The molecule has 0 aromatic carbocycles. The number of hydrogen-bond acceptors (Lipinski definition) is 4. The standard InChI is InChI=1S/C46H91NO4/c1-3-5-7-9-11-13-15-17-18-19-20-21-22-23-24-25-26-27-28-29-31-33-35-37-39-41-45(50)46(51)47-43(42-48)44(49)40-38-36-34-32-30-16-14-12-10-8-6-4-2/h23-24,43-45,48-50H,3-22,25-42H2,1-2H3,(H,47,51)/b24-23-. The summed E-state index contributed by atoms with van der Waals surface area (Å²) < 4.78 is 0. The van der Waals surface area contributed by atoms with Gasteiger partial charge in [0.15, 0.2) is 0 Å². The predicted molar refractivity (Wildman–Crippen MR) is 222 cm³/mol. The minimum Gasteiger partial charge on any atom is -0.394 e. The lowest BCUT2D eigenvalue weighted by Crippen LogP contribution is -2.49. The molecule has 0 saturated carbocycles. The molecule has 5 nitrogen and oxygen atoms in total. The van der Waals surface area contributed by atoms with Gasteiger partial charge in [0, 0.05) is 0 Å². The van der Waals surface area contributed by atoms with Gasteiger partial charge >= 0.3 is 0 Å². The fraction of sp³-hybridized carbons (Fsp3) is 0.935. The zero-order valence-electron chi connectivity index (χ0n) is 34.5. The molecule has 0 aliphatic rings. The highest BCUT2D eigenvalue weighted by atomic mass is 16.3. The van der Waals surface area contributed by atoms with Crippen LogP contribution in [0.4, 0.5) is 0 Å². The van der Waals surface area contributed by atoms with Crippen LogP contribution in [0, 0.1) is 0 Å². The number of allylic oxidation sites excluding steroid dienone is 2. The van der Waals surface area contributed by atoms with E-state index in [-0.39, 0.29) is 6.61 Å². The topological polar surface area (TPSA) is 89.8 Å². The van der Waals surface area contributed by atoms with E-state index < -0.39 is 24.2 Å². The van der Waals surface area contributed by atoms with Crippen molar-refractivity contribution in [2.45, 2.75) is 270 Å². The summed E-state index contributed by atoms with van der Waals surface area (Å²) in [6, 6.07) is -0.708. The maximum Gasteiger partial charge on any atom is 0.249 e. The van der Waals surface area contributed by atoms with Gasteiger partial charge in [0.05, 0.1) is 18.8 Å². The van der Waals surface area contributed by atoms with Gasteiger partial charge in [-0.3, -0.25) is 4.79 Å². The second kappa shape index (κ2) is 41.8. The molecule has 1 amide bonds. The summed E-state index contributed by atoms with van der Waals surface area (Å²) in [7, 11) is 0. The van der Waals surface area contributed by atoms with Crippen LogP contribution in [0.25, 0.3) is 0 Å². The van der Waals surface area contributed by atoms with Gasteiger partial charge in [0.25, 0.3) is 0 Å². The summed E-state index contributed by atoms with van der Waals surface area (Å²) in [5, 5.41) is 33.3. The largest absolute Gasteiger partial charge is 0.394 e. The molecule has 3 unspecified atom stereocenters. The summed E-state index contributed by atoms with van der Waals surface area (Å²) in [4.78, 5) is 12.5. The maximum atomic E-state index is 12.5. The molecule has 3 atom stereocenters. The van der Waals surface area contributed by atoms with Crippen LogP contribution in [0.2, 0.25) is 0 Å². The maximum absolute atomic E-state index is 12.5. The number of unbranched alkanes of at least 4 members (excludes halogenated alkanes) is 32. The van der Waals surface area contributed by atoms with E-state index in [4.69, 9.17) is 0 Å². The van der Waals surface area contributed by atoms with Gasteiger partial charge < -0.3 is 20.6 Å². The molecular weight excluding hydrogens is 631 g/mol. The van der Waals surface area contributed by atoms with E-state index in [0.717, 1.165) is 32.1 Å². The molecule has 0 aromatic heterocycles. The molecular formula is C46H91NO4. The van der Waals surface area contributed by atoms with Crippen molar-refractivity contribution in [2.75, 3.05) is 6.61 Å². The lowest BCUT2D eigenvalue weighted by Gasteiger charge is -2.23. The Labute approximate surface area is 319 Å². The van der Waals surface area contributed by atoms with Gasteiger partial charge in [0.2, 0.25) is 5.91 Å². The monoisotopic (exact) mass is 722 g/mol. The number of carbonyl (C=O) groups excluding carboxylic acids is 1. The van der Waals surface area contributed by atoms with Crippen molar-refractivity contribution < 1.29 is 20.1 Å². The van der Waals surface area contributed by atoms with Crippen LogP contribution < -0.4 is 5.32 Å². The third-order valence-electron chi connectivity index (χ3n) is 10.9. The smallest absolute Gasteiger partial charge is 0.249 e. The Bertz CT molecular complexity index is 713. The van der Waals surface area contributed by atoms with Crippen molar-refractivity contribution in [3.05, 3.63) is 12.2 Å². The van der Waals surface area contributed by atoms with Gasteiger partial charge in [-0.15, -0.1) is 0 Å². The molecule has 5 heteroatoms. The molecule has 0 aliphatic heterocycles. The second-order valence-electron chi connectivity index (χ2n) is 16.0. The normalized spacial score (nSPS) is 13.6. The summed E-state index contributed by atoms with van der Waals surface area (Å²) >= 11 is 0. The molecule has 0 aromatic rings. The number of aliphatic hydroxyl groups is 3. The number of rotatable bonds is 42. The number of aliphatic hydroxyl groups excluding tert-OH is 3. The lowest BCUT2D eigenvalue weighted by molar-refractivity contribution is -0.131. The van der Waals surface area contributed by atoms with Gasteiger partial charge in [0.1, 0.15) is 6.10 Å². The first kappa shape index (κ1) is 50.1. The van der Waals surface area contributed by atoms with Crippen LogP contribution in [0.5, 0.6) is 0 Å². The molecule has 0 heterocycles. The minimum atomic E-state index is -1.07. The number of amides is 1. The van der Waals surface area contributed by atoms with Gasteiger partial charge in [-0.05, 0) is 38.5 Å². The highest BCUT2D eigenvalue weighted by molar-refractivity contribution is 5.80. The fourth-order valence-electron chi connectivity index (χ4n) is 7.25. The van der Waals surface area contributed by atoms with Crippen molar-refractivity contribution in [3.63, 3.8) is 0 Å². The molecule has 0 bridgehead atoms. The van der Waals surface area contributed by atoms with Crippen molar-refractivity contribution in [1.82, 2.24) is 5.32 Å². The summed E-state index contributed by atoms with van der Waals surface area (Å²) in [5.74, 6) is -0.470. The quantitative estimate of drug-likeness (QED) is 0.0373. The Hall–Kier alpha value is -0.910. The Morgan fingerprint density at radius 2 is 0.745 bits per heavy atom. The van der Waals surface area contributed by atoms with E-state index in [1.807, 2.05) is 0 Å². The van der Waals surface area contributed by atoms with Gasteiger partial charge in [-0.2, -0.15) is 0 Å². The minimum absolute atomic E-state index is 0.311. The van der Waals surface area contributed by atoms with E-state index >= 15 is 0 Å². The average Bonchev–Trinajstić information content (AvgIpc) is 3.13. The van der Waals surface area contributed by atoms with E-state index in [1.165, 1.54) is 193 Å². The highest BCUT2D eigenvalue weighted by Gasteiger charge is 2.23. The zero-order chi connectivity index (χ0) is 37.3. The first-order valence-electron chi connectivity index (χ1n) is 23.0. The molecule has 0 saturated heterocycles. The number of carbonyl (C=O) groups is 1. The Kier molecular flexibility index (Phi) is 41.1. The SMILES string of the molecule is CCCCCCCCCCCCCC/C=C\CCCCCCCCCCCC(O)C(=O)NC(CO)C(O)CCCCCCCCCCCCCC. The average molecular weight is 722 g/mol. The molecule has 0 spiro atoms. The van der Waals surface area contributed by atoms with Crippen molar-refractivity contribution >= 4 is 5.91 Å². The highest BCUT2D eigenvalue weighted by Crippen LogP contribution is 2.16. The Morgan fingerprint density at radius 1 is 0.451 bits per heavy atom. The second-order valence-corrected chi connectivity index (χ2v) is 16.0. The summed E-state index contributed by atoms with van der Waals surface area (Å²) in [5.41, 5.74) is 0. The molecule has 4 N–H and O–H groups in total. The van der Waals surface area contributed by atoms with Crippen LogP contribution in [0.3, 0.4) is 0 Å². The molecule has 304 valence electrons. The van der Waals surface area contributed by atoms with Gasteiger partial charge in [-0.25, -0.2) is 0 Å². The molecule has 0 aliphatic carbocycles. The first-order chi connectivity index (χ1) is 25.1.